The quantitative estimate of drug-likeness (QED) is 0.454. The summed E-state index contributed by atoms with van der Waals surface area (Å²) in [5.74, 6) is 0.796. The van der Waals surface area contributed by atoms with Crippen LogP contribution in [-0.2, 0) is 9.53 Å². The molecule has 0 N–H and O–H groups in total. The summed E-state index contributed by atoms with van der Waals surface area (Å²) in [4.78, 5) is 9.39. The van der Waals surface area contributed by atoms with Crippen LogP contribution >= 0.6 is 0 Å². The third-order valence-corrected chi connectivity index (χ3v) is 0.570. The fourth-order valence-corrected chi connectivity index (χ4v) is 0.200. The van der Waals surface area contributed by atoms with Gasteiger partial charge in [0.1, 0.15) is 5.76 Å². The lowest BCUT2D eigenvalue weighted by Crippen LogP contribution is -1.72. The van der Waals surface area contributed by atoms with Gasteiger partial charge in [0.2, 0.25) is 0 Å². The Balaban J connectivity index is 2.16. The summed E-state index contributed by atoms with van der Waals surface area (Å²) < 4.78 is 4.33. The van der Waals surface area contributed by atoms with E-state index in [1.807, 2.05) is 6.08 Å². The predicted octanol–water partition coefficient (Wildman–Crippen LogP) is 0.447. The average Bonchev–Trinajstić information content (AvgIpc) is 2.21. The van der Waals surface area contributed by atoms with E-state index in [4.69, 9.17) is 0 Å². The second kappa shape index (κ2) is 1.12. The minimum atomic E-state index is 0.443. The molecular formula is C4H4O2. The van der Waals surface area contributed by atoms with Crippen LogP contribution in [0.3, 0.4) is 0 Å². The van der Waals surface area contributed by atoms with Crippen molar-refractivity contribution in [3.8, 4) is 0 Å². The fourth-order valence-electron chi connectivity index (χ4n) is 0.200. The average molecular weight is 84.1 g/mol. The Morgan fingerprint density at radius 1 is 2.00 bits per heavy atom. The van der Waals surface area contributed by atoms with Crippen LogP contribution in [0.1, 0.15) is 6.42 Å². The lowest BCUT2D eigenvalue weighted by atomic mass is 10.8. The van der Waals surface area contributed by atoms with Gasteiger partial charge in [0.25, 0.3) is 6.47 Å². The summed E-state index contributed by atoms with van der Waals surface area (Å²) in [5, 5.41) is 0. The maximum Gasteiger partial charge on any atom is 0.298 e. The maximum atomic E-state index is 9.39. The smallest absolute Gasteiger partial charge is 0.298 e. The number of hydrogen-bond acceptors (Lipinski definition) is 2. The monoisotopic (exact) mass is 84.0 g/mol. The van der Waals surface area contributed by atoms with Crippen molar-refractivity contribution in [2.75, 3.05) is 0 Å². The van der Waals surface area contributed by atoms with E-state index in [1.165, 1.54) is 0 Å². The first kappa shape index (κ1) is 3.40. The molecule has 0 aromatic rings. The van der Waals surface area contributed by atoms with Crippen molar-refractivity contribution in [2.45, 2.75) is 6.42 Å². The van der Waals surface area contributed by atoms with Crippen molar-refractivity contribution in [3.05, 3.63) is 11.8 Å². The molecule has 0 bridgehead atoms. The van der Waals surface area contributed by atoms with Gasteiger partial charge >= 0.3 is 0 Å². The second-order valence-electron chi connectivity index (χ2n) is 1.09. The molecule has 0 saturated heterocycles. The molecule has 2 nitrogen and oxygen atoms in total. The highest BCUT2D eigenvalue weighted by atomic mass is 16.5. The molecule has 1 aliphatic carbocycles. The van der Waals surface area contributed by atoms with E-state index in [9.17, 15) is 4.79 Å². The van der Waals surface area contributed by atoms with Gasteiger partial charge in [-0.25, -0.2) is 0 Å². The van der Waals surface area contributed by atoms with E-state index in [1.54, 1.807) is 0 Å². The third-order valence-electron chi connectivity index (χ3n) is 0.570. The van der Waals surface area contributed by atoms with Gasteiger partial charge in [-0.2, -0.15) is 0 Å². The minimum Gasteiger partial charge on any atom is -0.433 e. The van der Waals surface area contributed by atoms with Gasteiger partial charge in [0, 0.05) is 6.42 Å². The molecule has 0 heterocycles. The summed E-state index contributed by atoms with van der Waals surface area (Å²) in [5.41, 5.74) is 0. The van der Waals surface area contributed by atoms with Gasteiger partial charge in [-0.05, 0) is 6.08 Å². The van der Waals surface area contributed by atoms with Crippen LogP contribution in [0.25, 0.3) is 0 Å². The fraction of sp³-hybridized carbons (Fsp3) is 0.250. The molecule has 6 heavy (non-hydrogen) atoms. The zero-order valence-electron chi connectivity index (χ0n) is 3.18. The second-order valence-corrected chi connectivity index (χ2v) is 1.09. The molecule has 0 saturated carbocycles. The maximum absolute atomic E-state index is 9.39. The number of hydrogen-bond donors (Lipinski definition) is 0. The molecular weight excluding hydrogens is 80.0 g/mol. The SMILES string of the molecule is O=COC1=CC1. The molecule has 0 radical (unpaired) electrons. The number of ether oxygens (including phenoxy) is 1. The van der Waals surface area contributed by atoms with Crippen molar-refractivity contribution >= 4 is 6.47 Å². The molecule has 0 aromatic heterocycles. The number of carbonyl (C=O) groups is 1. The van der Waals surface area contributed by atoms with Crippen molar-refractivity contribution in [3.63, 3.8) is 0 Å². The van der Waals surface area contributed by atoms with Crippen LogP contribution in [-0.4, -0.2) is 6.47 Å². The lowest BCUT2D eigenvalue weighted by Gasteiger charge is -1.77. The Bertz CT molecular complexity index is 93.7. The van der Waals surface area contributed by atoms with Gasteiger partial charge in [0.05, 0.1) is 0 Å². The van der Waals surface area contributed by atoms with Crippen LogP contribution in [0.5, 0.6) is 0 Å². The largest absolute Gasteiger partial charge is 0.433 e. The van der Waals surface area contributed by atoms with Crippen LogP contribution < -0.4 is 0 Å². The van der Waals surface area contributed by atoms with Crippen molar-refractivity contribution in [1.29, 1.82) is 0 Å². The van der Waals surface area contributed by atoms with Gasteiger partial charge in [0.15, 0.2) is 0 Å². The molecule has 1 aliphatic rings. The molecule has 0 unspecified atom stereocenters. The van der Waals surface area contributed by atoms with E-state index >= 15 is 0 Å². The van der Waals surface area contributed by atoms with Gasteiger partial charge in [-0.3, -0.25) is 4.79 Å². The van der Waals surface area contributed by atoms with Crippen LogP contribution in [0.2, 0.25) is 0 Å². The summed E-state index contributed by atoms with van der Waals surface area (Å²) in [6.07, 6.45) is 2.70. The van der Waals surface area contributed by atoms with Crippen LogP contribution in [0, 0.1) is 0 Å². The number of allylic oxidation sites excluding steroid dienone is 2. The lowest BCUT2D eigenvalue weighted by molar-refractivity contribution is -0.124. The van der Waals surface area contributed by atoms with Crippen LogP contribution in [0.15, 0.2) is 11.8 Å². The van der Waals surface area contributed by atoms with E-state index < -0.39 is 0 Å². The van der Waals surface area contributed by atoms with Gasteiger partial charge in [-0.15, -0.1) is 0 Å². The summed E-state index contributed by atoms with van der Waals surface area (Å²) in [6, 6.07) is 0. The van der Waals surface area contributed by atoms with E-state index in [2.05, 4.69) is 4.74 Å². The van der Waals surface area contributed by atoms with Gasteiger partial charge in [-0.1, -0.05) is 0 Å². The first-order chi connectivity index (χ1) is 2.93. The zero-order valence-corrected chi connectivity index (χ0v) is 3.18. The first-order valence-electron chi connectivity index (χ1n) is 1.73. The molecule has 2 heteroatoms. The molecule has 1 rings (SSSR count). The summed E-state index contributed by atoms with van der Waals surface area (Å²) in [7, 11) is 0. The number of rotatable bonds is 2. The minimum absolute atomic E-state index is 0.443. The Morgan fingerprint density at radius 3 is 2.83 bits per heavy atom. The predicted molar refractivity (Wildman–Crippen MR) is 19.8 cm³/mol. The third kappa shape index (κ3) is 0.578. The Morgan fingerprint density at radius 2 is 2.67 bits per heavy atom. The highest BCUT2D eigenvalue weighted by molar-refractivity contribution is 5.42. The van der Waals surface area contributed by atoms with Crippen molar-refractivity contribution in [2.24, 2.45) is 0 Å². The highest BCUT2D eigenvalue weighted by Crippen LogP contribution is 2.17. The molecule has 0 aromatic carbocycles. The zero-order chi connectivity index (χ0) is 4.41. The standard InChI is InChI=1S/C4H4O2/c5-3-6-4-1-2-4/h1,3H,2H2. The van der Waals surface area contributed by atoms with Gasteiger partial charge < -0.3 is 4.74 Å². The van der Waals surface area contributed by atoms with Crippen molar-refractivity contribution < 1.29 is 9.53 Å². The Hall–Kier alpha value is -0.790. The van der Waals surface area contributed by atoms with E-state index in [-0.39, 0.29) is 0 Å². The Kier molecular flexibility index (Phi) is 0.638. The molecule has 0 atom stereocenters. The Labute approximate surface area is 35.4 Å². The first-order valence-corrected chi connectivity index (χ1v) is 1.73. The number of carbonyl (C=O) groups excluding carboxylic acids is 1. The molecule has 0 fully saturated rings. The molecule has 0 aliphatic heterocycles. The van der Waals surface area contributed by atoms with Crippen molar-refractivity contribution in [1.82, 2.24) is 0 Å². The van der Waals surface area contributed by atoms with E-state index in [0.717, 1.165) is 12.2 Å². The highest BCUT2D eigenvalue weighted by Gasteiger charge is 2.05. The molecule has 0 spiro atoms. The topological polar surface area (TPSA) is 26.3 Å². The normalized spacial score (nSPS) is 15.7. The van der Waals surface area contributed by atoms with E-state index in [0.29, 0.717) is 6.47 Å². The summed E-state index contributed by atoms with van der Waals surface area (Å²) >= 11 is 0. The summed E-state index contributed by atoms with van der Waals surface area (Å²) in [6.45, 7) is 0.443. The molecule has 32 valence electrons. The molecule has 0 amide bonds. The van der Waals surface area contributed by atoms with Crippen LogP contribution in [0.4, 0.5) is 0 Å².